The number of hydrogen-bond donors (Lipinski definition) is 1. The Bertz CT molecular complexity index is 554. The summed E-state index contributed by atoms with van der Waals surface area (Å²) in [4.78, 5) is 21.1. The molecule has 0 amide bonds. The largest absolute Gasteiger partial charge is 0.472 e. The van der Waals surface area contributed by atoms with Crippen molar-refractivity contribution in [3.8, 4) is 0 Å². The van der Waals surface area contributed by atoms with Crippen molar-refractivity contribution in [1.29, 1.82) is 0 Å². The Morgan fingerprint density at radius 1 is 0.800 bits per heavy atom. The molecule has 0 aliphatic heterocycles. The zero-order chi connectivity index (χ0) is 26.4. The number of carbonyl (C=O) groups is 1. The van der Waals surface area contributed by atoms with Crippen molar-refractivity contribution in [2.45, 2.75) is 110 Å². The van der Waals surface area contributed by atoms with Crippen molar-refractivity contribution in [3.63, 3.8) is 0 Å². The van der Waals surface area contributed by atoms with Gasteiger partial charge in [0.1, 0.15) is 25.9 Å². The molecule has 0 aromatic heterocycles. The van der Waals surface area contributed by atoms with Gasteiger partial charge in [0, 0.05) is 13.5 Å². The van der Waals surface area contributed by atoms with Crippen LogP contribution in [0.5, 0.6) is 0 Å². The summed E-state index contributed by atoms with van der Waals surface area (Å²) in [6.45, 7) is 4.62. The van der Waals surface area contributed by atoms with E-state index in [9.17, 15) is 14.3 Å². The lowest BCUT2D eigenvalue weighted by molar-refractivity contribution is -0.870. The van der Waals surface area contributed by atoms with Gasteiger partial charge >= 0.3 is 13.8 Å². The van der Waals surface area contributed by atoms with Gasteiger partial charge in [-0.15, -0.1) is 0 Å². The highest BCUT2D eigenvalue weighted by Gasteiger charge is 2.28. The highest BCUT2D eigenvalue weighted by atomic mass is 31.2. The molecular weight excluding hydrogens is 469 g/mol. The maximum absolute atomic E-state index is 12.2. The fraction of sp³-hybridized carbons (Fsp3) is 0.962. The fourth-order valence-corrected chi connectivity index (χ4v) is 4.45. The first kappa shape index (κ1) is 34.5. The maximum Gasteiger partial charge on any atom is 0.472 e. The number of unbranched alkanes of at least 4 members (excludes halogenated alkanes) is 13. The predicted molar refractivity (Wildman–Crippen MR) is 141 cm³/mol. The molecule has 0 spiro atoms. The molecule has 0 rings (SSSR count). The molecule has 0 radical (unpaired) electrons. The molecule has 35 heavy (non-hydrogen) atoms. The molecule has 0 fully saturated rings. The summed E-state index contributed by atoms with van der Waals surface area (Å²) in [5.74, 6) is -0.482. The van der Waals surface area contributed by atoms with Crippen LogP contribution in [0.4, 0.5) is 0 Å². The van der Waals surface area contributed by atoms with Crippen LogP contribution < -0.4 is 0 Å². The molecule has 9 heteroatoms. The number of esters is 1. The van der Waals surface area contributed by atoms with Crippen LogP contribution in [0, 0.1) is 0 Å². The van der Waals surface area contributed by atoms with E-state index in [1.165, 1.54) is 84.0 Å². The number of carbonyl (C=O) groups excluding carboxylic acids is 1. The maximum atomic E-state index is 12.2. The third kappa shape index (κ3) is 26.4. The molecule has 1 N–H and O–H groups in total. The molecule has 0 aromatic carbocycles. The lowest BCUT2D eigenvalue weighted by Crippen LogP contribution is -2.37. The van der Waals surface area contributed by atoms with Gasteiger partial charge in [-0.3, -0.25) is 13.8 Å². The minimum absolute atomic E-state index is 0.0645. The summed E-state index contributed by atoms with van der Waals surface area (Å²) < 4.78 is 33.7. The number of phosphoric ester groups is 1. The normalized spacial score (nSPS) is 14.6. The molecule has 0 saturated carbocycles. The quantitative estimate of drug-likeness (QED) is 0.0653. The first-order chi connectivity index (χ1) is 16.6. The van der Waals surface area contributed by atoms with E-state index < -0.39 is 19.9 Å². The molecular formula is C26H55NO7P+. The Labute approximate surface area is 215 Å². The number of quaternary nitrogens is 1. The number of likely N-dealkylation sites (N-methyl/N-ethyl adjacent to an activating group) is 1. The van der Waals surface area contributed by atoms with Gasteiger partial charge in [0.05, 0.1) is 27.7 Å². The Hall–Kier alpha value is -0.500. The number of phosphoric acid groups is 1. The number of rotatable bonds is 25. The zero-order valence-electron chi connectivity index (χ0n) is 23.3. The van der Waals surface area contributed by atoms with E-state index in [0.717, 1.165) is 12.8 Å². The van der Waals surface area contributed by atoms with E-state index in [-0.39, 0.29) is 19.8 Å². The second-order valence-electron chi connectivity index (χ2n) is 10.5. The van der Waals surface area contributed by atoms with Gasteiger partial charge in [-0.25, -0.2) is 4.57 Å². The highest BCUT2D eigenvalue weighted by molar-refractivity contribution is 7.47. The molecule has 0 aliphatic carbocycles. The molecule has 0 bridgehead atoms. The summed E-state index contributed by atoms with van der Waals surface area (Å²) in [6.07, 6.45) is 17.3. The zero-order valence-corrected chi connectivity index (χ0v) is 24.2. The summed E-state index contributed by atoms with van der Waals surface area (Å²) in [5.41, 5.74) is 0. The van der Waals surface area contributed by atoms with Gasteiger partial charge in [-0.05, 0) is 6.42 Å². The predicted octanol–water partition coefficient (Wildman–Crippen LogP) is 6.26. The van der Waals surface area contributed by atoms with Crippen molar-refractivity contribution >= 4 is 13.8 Å². The summed E-state index contributed by atoms with van der Waals surface area (Å²) in [7, 11) is 1.61. The Morgan fingerprint density at radius 3 is 1.74 bits per heavy atom. The van der Waals surface area contributed by atoms with E-state index in [0.29, 0.717) is 17.6 Å². The van der Waals surface area contributed by atoms with Crippen LogP contribution in [0.25, 0.3) is 0 Å². The van der Waals surface area contributed by atoms with Crippen LogP contribution in [0.1, 0.15) is 104 Å². The molecule has 0 heterocycles. The SMILES string of the molecule is CCCCCCCCCCCCCCCCOC[C@H](COC(C)=O)OP(=O)(O)OCC[N+](C)(C)C. The Balaban J connectivity index is 3.87. The molecule has 0 aliphatic rings. The first-order valence-corrected chi connectivity index (χ1v) is 15.2. The Morgan fingerprint density at radius 2 is 1.29 bits per heavy atom. The van der Waals surface area contributed by atoms with Gasteiger partial charge in [0.2, 0.25) is 0 Å². The number of nitrogens with zero attached hydrogens (tertiary/aromatic N) is 1. The van der Waals surface area contributed by atoms with Gasteiger partial charge in [0.25, 0.3) is 0 Å². The van der Waals surface area contributed by atoms with E-state index in [4.69, 9.17) is 18.5 Å². The number of hydrogen-bond acceptors (Lipinski definition) is 6. The molecule has 210 valence electrons. The molecule has 8 nitrogen and oxygen atoms in total. The van der Waals surface area contributed by atoms with E-state index in [1.807, 2.05) is 21.1 Å². The van der Waals surface area contributed by atoms with Crippen LogP contribution in [-0.2, 0) is 27.9 Å². The van der Waals surface area contributed by atoms with Crippen LogP contribution in [0.15, 0.2) is 0 Å². The Kier molecular flexibility index (Phi) is 21.3. The monoisotopic (exact) mass is 524 g/mol. The second kappa shape index (κ2) is 21.6. The van der Waals surface area contributed by atoms with E-state index in [2.05, 4.69) is 6.92 Å². The summed E-state index contributed by atoms with van der Waals surface area (Å²) in [6, 6.07) is 0. The average Bonchev–Trinajstić information content (AvgIpc) is 2.75. The smallest absolute Gasteiger partial charge is 0.463 e. The molecule has 1 unspecified atom stereocenters. The van der Waals surface area contributed by atoms with Crippen LogP contribution in [-0.4, -0.2) is 75.6 Å². The third-order valence-corrected chi connectivity index (χ3v) is 6.79. The van der Waals surface area contributed by atoms with Gasteiger partial charge < -0.3 is 18.9 Å². The van der Waals surface area contributed by atoms with Crippen molar-refractivity contribution < 1.29 is 37.3 Å². The first-order valence-electron chi connectivity index (χ1n) is 13.7. The van der Waals surface area contributed by atoms with Crippen LogP contribution in [0.2, 0.25) is 0 Å². The minimum Gasteiger partial charge on any atom is -0.463 e. The average molecular weight is 525 g/mol. The summed E-state index contributed by atoms with van der Waals surface area (Å²) in [5, 5.41) is 0. The standard InChI is InChI=1S/C26H54NO7P/c1-6-7-8-9-10-11-12-13-14-15-16-17-18-19-21-31-23-26(24-32-25(2)28)34-35(29,30)33-22-20-27(3,4)5/h26H,6-24H2,1-5H3/p+1/t26-/m1/s1. The van der Waals surface area contributed by atoms with Crippen LogP contribution in [0.3, 0.4) is 0 Å². The van der Waals surface area contributed by atoms with E-state index in [1.54, 1.807) is 0 Å². The van der Waals surface area contributed by atoms with Gasteiger partial charge in [0.15, 0.2) is 0 Å². The van der Waals surface area contributed by atoms with Gasteiger partial charge in [-0.2, -0.15) is 0 Å². The lowest BCUT2D eigenvalue weighted by atomic mass is 10.0. The third-order valence-electron chi connectivity index (χ3n) is 5.72. The molecule has 2 atom stereocenters. The van der Waals surface area contributed by atoms with Crippen molar-refractivity contribution in [3.05, 3.63) is 0 Å². The number of ether oxygens (including phenoxy) is 2. The highest BCUT2D eigenvalue weighted by Crippen LogP contribution is 2.44. The summed E-state index contributed by atoms with van der Waals surface area (Å²) >= 11 is 0. The molecule has 0 aromatic rings. The van der Waals surface area contributed by atoms with Crippen LogP contribution >= 0.6 is 7.82 Å². The topological polar surface area (TPSA) is 91.3 Å². The van der Waals surface area contributed by atoms with Gasteiger partial charge in [-0.1, -0.05) is 90.4 Å². The molecule has 0 saturated heterocycles. The fourth-order valence-electron chi connectivity index (χ4n) is 3.58. The van der Waals surface area contributed by atoms with Crippen molar-refractivity contribution in [2.24, 2.45) is 0 Å². The lowest BCUT2D eigenvalue weighted by Gasteiger charge is -2.25. The van der Waals surface area contributed by atoms with Crippen molar-refractivity contribution in [1.82, 2.24) is 0 Å². The van der Waals surface area contributed by atoms with Crippen molar-refractivity contribution in [2.75, 3.05) is 54.1 Å². The van der Waals surface area contributed by atoms with E-state index >= 15 is 0 Å². The minimum atomic E-state index is -4.27. The second-order valence-corrected chi connectivity index (χ2v) is 11.9.